The molecule has 2 rings (SSSR count). The lowest BCUT2D eigenvalue weighted by atomic mass is 10.1. The highest BCUT2D eigenvalue weighted by Crippen LogP contribution is 2.28. The highest BCUT2D eigenvalue weighted by atomic mass is 16.5. The Bertz CT molecular complexity index is 811. The standard InChI is InChI=1S/C19H26N2O4/c1-12-11-17(22)25-18-13(2)16(8-7-15(12)18)24-14(3)19(23)20-9-6-10-21(4)5/h7-8,11,14H,6,9-10H2,1-5H3,(H,20,23)/t14-/m0/s1. The molecule has 0 aliphatic heterocycles. The predicted octanol–water partition coefficient (Wildman–Crippen LogP) is 2.25. The average Bonchev–Trinajstić information content (AvgIpc) is 2.54. The first-order chi connectivity index (χ1) is 11.8. The first-order valence-corrected chi connectivity index (χ1v) is 8.42. The number of benzene rings is 1. The Balaban J connectivity index is 2.08. The lowest BCUT2D eigenvalue weighted by Gasteiger charge is -2.17. The Morgan fingerprint density at radius 2 is 2.04 bits per heavy atom. The van der Waals surface area contributed by atoms with E-state index in [2.05, 4.69) is 10.2 Å². The topological polar surface area (TPSA) is 71.8 Å². The van der Waals surface area contributed by atoms with Gasteiger partial charge in [0.25, 0.3) is 5.91 Å². The van der Waals surface area contributed by atoms with E-state index in [0.29, 0.717) is 23.4 Å². The van der Waals surface area contributed by atoms with Crippen molar-refractivity contribution in [3.63, 3.8) is 0 Å². The van der Waals surface area contributed by atoms with Crippen LogP contribution in [0.4, 0.5) is 0 Å². The fourth-order valence-electron chi connectivity index (χ4n) is 2.62. The number of hydrogen-bond acceptors (Lipinski definition) is 5. The monoisotopic (exact) mass is 346 g/mol. The Morgan fingerprint density at radius 3 is 2.72 bits per heavy atom. The maximum Gasteiger partial charge on any atom is 0.336 e. The van der Waals surface area contributed by atoms with E-state index in [0.717, 1.165) is 23.9 Å². The minimum atomic E-state index is -0.632. The van der Waals surface area contributed by atoms with Crippen LogP contribution in [0.1, 0.15) is 24.5 Å². The van der Waals surface area contributed by atoms with E-state index in [4.69, 9.17) is 9.15 Å². The van der Waals surface area contributed by atoms with Crippen molar-refractivity contribution >= 4 is 16.9 Å². The van der Waals surface area contributed by atoms with Crippen molar-refractivity contribution in [3.8, 4) is 5.75 Å². The number of nitrogens with one attached hydrogen (secondary N) is 1. The fourth-order valence-corrected chi connectivity index (χ4v) is 2.62. The number of nitrogens with zero attached hydrogens (tertiary/aromatic N) is 1. The zero-order chi connectivity index (χ0) is 18.6. The molecule has 0 aliphatic rings. The van der Waals surface area contributed by atoms with Crippen molar-refractivity contribution in [3.05, 3.63) is 39.7 Å². The van der Waals surface area contributed by atoms with Gasteiger partial charge in [0.05, 0.1) is 0 Å². The molecule has 0 spiro atoms. The Hall–Kier alpha value is -2.34. The predicted molar refractivity (Wildman–Crippen MR) is 98.2 cm³/mol. The molecule has 0 saturated carbocycles. The molecule has 6 heteroatoms. The quantitative estimate of drug-likeness (QED) is 0.615. The number of carbonyl (C=O) groups is 1. The molecule has 1 atom stereocenters. The van der Waals surface area contributed by atoms with Crippen molar-refractivity contribution in [1.29, 1.82) is 0 Å². The van der Waals surface area contributed by atoms with Crippen LogP contribution in [-0.2, 0) is 4.79 Å². The minimum Gasteiger partial charge on any atom is -0.480 e. The lowest BCUT2D eigenvalue weighted by molar-refractivity contribution is -0.127. The number of aryl methyl sites for hydroxylation is 2. The van der Waals surface area contributed by atoms with Crippen LogP contribution < -0.4 is 15.7 Å². The van der Waals surface area contributed by atoms with Crippen molar-refractivity contribution in [1.82, 2.24) is 10.2 Å². The summed E-state index contributed by atoms with van der Waals surface area (Å²) in [6.45, 7) is 6.91. The van der Waals surface area contributed by atoms with Gasteiger partial charge in [0.2, 0.25) is 0 Å². The summed E-state index contributed by atoms with van der Waals surface area (Å²) in [5.74, 6) is 0.376. The molecule has 1 aromatic carbocycles. The zero-order valence-corrected chi connectivity index (χ0v) is 15.5. The Labute approximate surface area is 147 Å². The maximum atomic E-state index is 12.2. The van der Waals surface area contributed by atoms with Gasteiger partial charge in [0, 0.05) is 23.6 Å². The molecule has 1 amide bonds. The zero-order valence-electron chi connectivity index (χ0n) is 15.5. The van der Waals surface area contributed by atoms with Gasteiger partial charge < -0.3 is 19.4 Å². The van der Waals surface area contributed by atoms with Crippen LogP contribution in [0.5, 0.6) is 5.75 Å². The molecule has 136 valence electrons. The molecule has 6 nitrogen and oxygen atoms in total. The number of amides is 1. The number of ether oxygens (including phenoxy) is 1. The van der Waals surface area contributed by atoms with Gasteiger partial charge in [-0.15, -0.1) is 0 Å². The van der Waals surface area contributed by atoms with E-state index in [1.807, 2.05) is 34.0 Å². The van der Waals surface area contributed by atoms with E-state index >= 15 is 0 Å². The van der Waals surface area contributed by atoms with Crippen molar-refractivity contribution in [2.45, 2.75) is 33.3 Å². The molecule has 25 heavy (non-hydrogen) atoms. The van der Waals surface area contributed by atoms with E-state index in [1.54, 1.807) is 13.0 Å². The number of fused-ring (bicyclic) bond motifs is 1. The van der Waals surface area contributed by atoms with E-state index in [-0.39, 0.29) is 5.91 Å². The van der Waals surface area contributed by atoms with Gasteiger partial charge in [-0.2, -0.15) is 0 Å². The molecular weight excluding hydrogens is 320 g/mol. The summed E-state index contributed by atoms with van der Waals surface area (Å²) in [7, 11) is 3.99. The third kappa shape index (κ3) is 4.82. The molecule has 0 aliphatic carbocycles. The molecule has 0 saturated heterocycles. The van der Waals surface area contributed by atoms with Gasteiger partial charge >= 0.3 is 5.63 Å². The summed E-state index contributed by atoms with van der Waals surface area (Å²) >= 11 is 0. The van der Waals surface area contributed by atoms with Crippen LogP contribution in [0.2, 0.25) is 0 Å². The van der Waals surface area contributed by atoms with Crippen molar-refractivity contribution in [2.24, 2.45) is 0 Å². The third-order valence-electron chi connectivity index (χ3n) is 4.07. The highest BCUT2D eigenvalue weighted by molar-refractivity contribution is 5.85. The number of rotatable bonds is 7. The normalized spacial score (nSPS) is 12.4. The second-order valence-corrected chi connectivity index (χ2v) is 6.52. The van der Waals surface area contributed by atoms with Crippen LogP contribution in [0, 0.1) is 13.8 Å². The summed E-state index contributed by atoms with van der Waals surface area (Å²) in [5, 5.41) is 3.73. The van der Waals surface area contributed by atoms with E-state index in [1.165, 1.54) is 6.07 Å². The van der Waals surface area contributed by atoms with Gasteiger partial charge in [-0.1, -0.05) is 0 Å². The van der Waals surface area contributed by atoms with Gasteiger partial charge in [0.15, 0.2) is 6.10 Å². The third-order valence-corrected chi connectivity index (χ3v) is 4.07. The number of hydrogen-bond donors (Lipinski definition) is 1. The number of carbonyl (C=O) groups excluding carboxylic acids is 1. The van der Waals surface area contributed by atoms with Gasteiger partial charge in [-0.3, -0.25) is 4.79 Å². The lowest BCUT2D eigenvalue weighted by Crippen LogP contribution is -2.37. The molecule has 1 aromatic heterocycles. The largest absolute Gasteiger partial charge is 0.480 e. The first-order valence-electron chi connectivity index (χ1n) is 8.42. The van der Waals surface area contributed by atoms with Crippen LogP contribution >= 0.6 is 0 Å². The Kier molecular flexibility index (Phi) is 6.20. The molecule has 0 unspecified atom stereocenters. The summed E-state index contributed by atoms with van der Waals surface area (Å²) in [6, 6.07) is 5.12. The van der Waals surface area contributed by atoms with Gasteiger partial charge in [-0.25, -0.2) is 4.79 Å². The summed E-state index contributed by atoms with van der Waals surface area (Å²) in [5.41, 5.74) is 1.68. The summed E-state index contributed by atoms with van der Waals surface area (Å²) in [4.78, 5) is 25.8. The van der Waals surface area contributed by atoms with Crippen LogP contribution in [0.3, 0.4) is 0 Å². The van der Waals surface area contributed by atoms with Gasteiger partial charge in [-0.05, 0) is 65.5 Å². The van der Waals surface area contributed by atoms with Crippen LogP contribution in [0.15, 0.2) is 27.4 Å². The fraction of sp³-hybridized carbons (Fsp3) is 0.474. The molecule has 2 aromatic rings. The highest BCUT2D eigenvalue weighted by Gasteiger charge is 2.17. The maximum absolute atomic E-state index is 12.2. The SMILES string of the molecule is Cc1cc(=O)oc2c(C)c(O[C@@H](C)C(=O)NCCCN(C)C)ccc12. The van der Waals surface area contributed by atoms with E-state index < -0.39 is 11.7 Å². The van der Waals surface area contributed by atoms with Crippen molar-refractivity contribution < 1.29 is 13.9 Å². The average molecular weight is 346 g/mol. The van der Waals surface area contributed by atoms with E-state index in [9.17, 15) is 9.59 Å². The second kappa shape index (κ2) is 8.16. The van der Waals surface area contributed by atoms with Crippen LogP contribution in [-0.4, -0.2) is 44.1 Å². The van der Waals surface area contributed by atoms with Crippen LogP contribution in [0.25, 0.3) is 11.0 Å². The van der Waals surface area contributed by atoms with Gasteiger partial charge in [0.1, 0.15) is 11.3 Å². The Morgan fingerprint density at radius 1 is 1.32 bits per heavy atom. The molecule has 0 fully saturated rings. The molecular formula is C19H26N2O4. The molecule has 1 heterocycles. The molecule has 0 radical (unpaired) electrons. The molecule has 0 bridgehead atoms. The summed E-state index contributed by atoms with van der Waals surface area (Å²) in [6.07, 6.45) is 0.247. The summed E-state index contributed by atoms with van der Waals surface area (Å²) < 4.78 is 11.1. The molecule has 1 N–H and O–H groups in total. The second-order valence-electron chi connectivity index (χ2n) is 6.52. The van der Waals surface area contributed by atoms with Crippen molar-refractivity contribution in [2.75, 3.05) is 27.2 Å². The smallest absolute Gasteiger partial charge is 0.336 e. The first kappa shape index (κ1) is 19.0. The minimum absolute atomic E-state index is 0.163.